The number of benzene rings is 1. The van der Waals surface area contributed by atoms with Gasteiger partial charge in [0.1, 0.15) is 0 Å². The van der Waals surface area contributed by atoms with Crippen molar-refractivity contribution in [3.8, 4) is 0 Å². The van der Waals surface area contributed by atoms with E-state index in [9.17, 15) is 13.2 Å². The maximum atomic E-state index is 12.1. The summed E-state index contributed by atoms with van der Waals surface area (Å²) in [5.41, 5.74) is 1.47. The summed E-state index contributed by atoms with van der Waals surface area (Å²) in [7, 11) is -3.21. The monoisotopic (exact) mass is 352 g/mol. The maximum absolute atomic E-state index is 12.1. The summed E-state index contributed by atoms with van der Waals surface area (Å²) < 4.78 is 25.7. The molecule has 0 unspecified atom stereocenters. The second-order valence-electron chi connectivity index (χ2n) is 7.56. The van der Waals surface area contributed by atoms with Gasteiger partial charge < -0.3 is 5.32 Å². The first-order valence-electron chi connectivity index (χ1n) is 8.58. The molecule has 1 saturated heterocycles. The van der Waals surface area contributed by atoms with Crippen LogP contribution in [0.15, 0.2) is 24.3 Å². The Morgan fingerprint density at radius 1 is 1.17 bits per heavy atom. The molecule has 24 heavy (non-hydrogen) atoms. The molecule has 134 valence electrons. The molecule has 1 aromatic rings. The van der Waals surface area contributed by atoms with Gasteiger partial charge in [-0.05, 0) is 55.4 Å². The number of hydrogen-bond donors (Lipinski definition) is 1. The second-order valence-corrected chi connectivity index (χ2v) is 9.58. The normalized spacial score (nSPS) is 17.5. The first-order chi connectivity index (χ1) is 11.2. The minimum atomic E-state index is -3.21. The Kier molecular flexibility index (Phi) is 5.91. The van der Waals surface area contributed by atoms with Gasteiger partial charge in [-0.3, -0.25) is 9.10 Å². The third-order valence-corrected chi connectivity index (χ3v) is 6.03. The van der Waals surface area contributed by atoms with E-state index in [1.807, 2.05) is 0 Å². The minimum Gasteiger partial charge on any atom is -0.352 e. The standard InChI is InChI=1S/C18H28N2O3S/c1-18(2,3)11-6-12-19-17(21)15-7-9-16(10-8-15)20-13-4-5-14-24(20,22)23/h7-10H,4-6,11-14H2,1-3H3,(H,19,21). The van der Waals surface area contributed by atoms with Gasteiger partial charge in [0.15, 0.2) is 0 Å². The summed E-state index contributed by atoms with van der Waals surface area (Å²) in [5, 5.41) is 2.92. The molecule has 1 N–H and O–H groups in total. The molecule has 6 heteroatoms. The fourth-order valence-corrected chi connectivity index (χ4v) is 4.42. The van der Waals surface area contributed by atoms with Crippen molar-refractivity contribution in [3.63, 3.8) is 0 Å². The van der Waals surface area contributed by atoms with Crippen LogP contribution in [0.2, 0.25) is 0 Å². The molecule has 0 radical (unpaired) electrons. The molecule has 0 spiro atoms. The predicted octanol–water partition coefficient (Wildman–Crippen LogP) is 3.17. The molecule has 1 amide bonds. The van der Waals surface area contributed by atoms with Crippen molar-refractivity contribution in [2.45, 2.75) is 46.5 Å². The summed E-state index contributed by atoms with van der Waals surface area (Å²) >= 11 is 0. The Balaban J connectivity index is 1.93. The van der Waals surface area contributed by atoms with Gasteiger partial charge in [-0.15, -0.1) is 0 Å². The summed E-state index contributed by atoms with van der Waals surface area (Å²) in [6.07, 6.45) is 3.58. The highest BCUT2D eigenvalue weighted by Gasteiger charge is 2.25. The number of carbonyl (C=O) groups excluding carboxylic acids is 1. The van der Waals surface area contributed by atoms with Crippen LogP contribution in [0.5, 0.6) is 0 Å². The molecule has 0 atom stereocenters. The van der Waals surface area contributed by atoms with Crippen LogP contribution in [0.3, 0.4) is 0 Å². The quantitative estimate of drug-likeness (QED) is 0.828. The van der Waals surface area contributed by atoms with Crippen molar-refractivity contribution >= 4 is 21.6 Å². The molecule has 0 aliphatic carbocycles. The highest BCUT2D eigenvalue weighted by Crippen LogP contribution is 2.24. The lowest BCUT2D eigenvalue weighted by Gasteiger charge is -2.28. The lowest BCUT2D eigenvalue weighted by Crippen LogP contribution is -2.37. The van der Waals surface area contributed by atoms with E-state index in [2.05, 4.69) is 26.1 Å². The number of carbonyl (C=O) groups is 1. The van der Waals surface area contributed by atoms with Gasteiger partial charge in [0.2, 0.25) is 10.0 Å². The number of sulfonamides is 1. The molecule has 5 nitrogen and oxygen atoms in total. The van der Waals surface area contributed by atoms with Crippen molar-refractivity contribution in [3.05, 3.63) is 29.8 Å². The summed E-state index contributed by atoms with van der Waals surface area (Å²) in [5.74, 6) is 0.0835. The molecule has 1 heterocycles. The van der Waals surface area contributed by atoms with Gasteiger partial charge in [-0.25, -0.2) is 8.42 Å². The first-order valence-corrected chi connectivity index (χ1v) is 10.2. The van der Waals surface area contributed by atoms with Gasteiger partial charge in [-0.1, -0.05) is 20.8 Å². The molecule has 1 fully saturated rings. The van der Waals surface area contributed by atoms with Crippen molar-refractivity contribution in [2.24, 2.45) is 5.41 Å². The first kappa shape index (κ1) is 18.8. The molecule has 1 aliphatic heterocycles. The van der Waals surface area contributed by atoms with E-state index in [1.54, 1.807) is 24.3 Å². The van der Waals surface area contributed by atoms with Crippen LogP contribution in [-0.4, -0.2) is 33.2 Å². The Labute approximate surface area is 145 Å². The van der Waals surface area contributed by atoms with E-state index in [0.29, 0.717) is 30.8 Å². The molecule has 2 rings (SSSR count). The third kappa shape index (κ3) is 5.23. The number of hydrogen-bond acceptors (Lipinski definition) is 3. The lowest BCUT2D eigenvalue weighted by atomic mass is 9.91. The van der Waals surface area contributed by atoms with E-state index < -0.39 is 10.0 Å². The van der Waals surface area contributed by atoms with E-state index in [1.165, 1.54) is 4.31 Å². The van der Waals surface area contributed by atoms with Crippen LogP contribution < -0.4 is 9.62 Å². The van der Waals surface area contributed by atoms with Crippen molar-refractivity contribution in [1.29, 1.82) is 0 Å². The van der Waals surface area contributed by atoms with Crippen molar-refractivity contribution in [2.75, 3.05) is 23.1 Å². The molecule has 0 bridgehead atoms. The number of amides is 1. The van der Waals surface area contributed by atoms with Gasteiger partial charge in [0.05, 0.1) is 11.4 Å². The SMILES string of the molecule is CC(C)(C)CCCNC(=O)c1ccc(N2CCCCS2(=O)=O)cc1. The smallest absolute Gasteiger partial charge is 0.251 e. The number of nitrogens with one attached hydrogen (secondary N) is 1. The topological polar surface area (TPSA) is 66.5 Å². The maximum Gasteiger partial charge on any atom is 0.251 e. The molecule has 0 saturated carbocycles. The van der Waals surface area contributed by atoms with Crippen molar-refractivity contribution < 1.29 is 13.2 Å². The van der Waals surface area contributed by atoms with Crippen LogP contribution in [0.25, 0.3) is 0 Å². The molecular formula is C18H28N2O3S. The van der Waals surface area contributed by atoms with E-state index in [-0.39, 0.29) is 17.1 Å². The number of nitrogens with zero attached hydrogens (tertiary/aromatic N) is 1. The van der Waals surface area contributed by atoms with Gasteiger partial charge in [0, 0.05) is 18.7 Å². The summed E-state index contributed by atoms with van der Waals surface area (Å²) in [6, 6.07) is 6.82. The van der Waals surface area contributed by atoms with Crippen LogP contribution in [0.4, 0.5) is 5.69 Å². The zero-order chi connectivity index (χ0) is 17.8. The second kappa shape index (κ2) is 7.55. The zero-order valence-electron chi connectivity index (χ0n) is 14.8. The number of anilines is 1. The van der Waals surface area contributed by atoms with Crippen LogP contribution in [0, 0.1) is 5.41 Å². The fraction of sp³-hybridized carbons (Fsp3) is 0.611. The fourth-order valence-electron chi connectivity index (χ4n) is 2.78. The van der Waals surface area contributed by atoms with Gasteiger partial charge >= 0.3 is 0 Å². The van der Waals surface area contributed by atoms with Gasteiger partial charge in [-0.2, -0.15) is 0 Å². The van der Waals surface area contributed by atoms with Crippen LogP contribution in [-0.2, 0) is 10.0 Å². The Morgan fingerprint density at radius 2 is 1.83 bits per heavy atom. The third-order valence-electron chi connectivity index (χ3n) is 4.16. The Bertz CT molecular complexity index is 660. The van der Waals surface area contributed by atoms with E-state index in [0.717, 1.165) is 19.3 Å². The molecule has 1 aromatic carbocycles. The predicted molar refractivity (Wildman–Crippen MR) is 97.8 cm³/mol. The van der Waals surface area contributed by atoms with Crippen LogP contribution in [0.1, 0.15) is 56.8 Å². The largest absolute Gasteiger partial charge is 0.352 e. The minimum absolute atomic E-state index is 0.114. The van der Waals surface area contributed by atoms with Crippen molar-refractivity contribution in [1.82, 2.24) is 5.32 Å². The Morgan fingerprint density at radius 3 is 2.42 bits per heavy atom. The Hall–Kier alpha value is -1.56. The highest BCUT2D eigenvalue weighted by atomic mass is 32.2. The average Bonchev–Trinajstić information content (AvgIpc) is 2.50. The summed E-state index contributed by atoms with van der Waals surface area (Å²) in [6.45, 7) is 7.71. The zero-order valence-corrected chi connectivity index (χ0v) is 15.7. The molecule has 0 aromatic heterocycles. The lowest BCUT2D eigenvalue weighted by molar-refractivity contribution is 0.0951. The van der Waals surface area contributed by atoms with E-state index >= 15 is 0 Å². The highest BCUT2D eigenvalue weighted by molar-refractivity contribution is 7.92. The summed E-state index contributed by atoms with van der Waals surface area (Å²) in [4.78, 5) is 12.1. The number of rotatable bonds is 5. The molecular weight excluding hydrogens is 324 g/mol. The van der Waals surface area contributed by atoms with E-state index in [4.69, 9.17) is 0 Å². The van der Waals surface area contributed by atoms with Crippen LogP contribution >= 0.6 is 0 Å². The van der Waals surface area contributed by atoms with Gasteiger partial charge in [0.25, 0.3) is 5.91 Å². The average molecular weight is 353 g/mol. The molecule has 1 aliphatic rings.